The highest BCUT2D eigenvalue weighted by Crippen LogP contribution is 2.39. The van der Waals surface area contributed by atoms with Crippen molar-refractivity contribution in [2.75, 3.05) is 13.1 Å². The van der Waals surface area contributed by atoms with Crippen LogP contribution in [0, 0.1) is 11.3 Å². The van der Waals surface area contributed by atoms with Gasteiger partial charge in [0.25, 0.3) is 0 Å². The lowest BCUT2D eigenvalue weighted by molar-refractivity contribution is -0.137. The summed E-state index contributed by atoms with van der Waals surface area (Å²) in [4.78, 5) is 13.0. The molecule has 1 aliphatic heterocycles. The first-order valence-corrected chi connectivity index (χ1v) is 10.5. The lowest BCUT2D eigenvalue weighted by Gasteiger charge is -2.37. The van der Waals surface area contributed by atoms with Crippen molar-refractivity contribution < 1.29 is 14.6 Å². The summed E-state index contributed by atoms with van der Waals surface area (Å²) in [5.41, 5.74) is 3.17. The van der Waals surface area contributed by atoms with E-state index in [1.807, 2.05) is 0 Å². The second-order valence-corrected chi connectivity index (χ2v) is 9.41. The second kappa shape index (κ2) is 8.64. The fraction of sp³-hybridized carbons (Fsp3) is 0.696. The van der Waals surface area contributed by atoms with Crippen LogP contribution < -0.4 is 4.74 Å². The molecule has 1 aromatic rings. The number of aliphatic carboxylic acids is 1. The standard InChI is InChI=1S/C23H35NO3/c1-23(2,3)19-7-10-20(11-8-19)27-21-9-6-18-16-24(13-4-5-22(25)26)14-12-17(18)15-21/h6,9,15,19-20H,4-5,7-8,10-14,16H2,1-3H3,(H,25,26)/t19-,20-. The molecule has 1 aromatic carbocycles. The normalized spacial score (nSPS) is 23.7. The molecule has 0 unspecified atom stereocenters. The average Bonchev–Trinajstić information content (AvgIpc) is 2.61. The maximum atomic E-state index is 10.7. The molecule has 0 aromatic heterocycles. The first kappa shape index (κ1) is 20.2. The zero-order valence-corrected chi connectivity index (χ0v) is 17.2. The van der Waals surface area contributed by atoms with E-state index in [-0.39, 0.29) is 6.42 Å². The zero-order valence-electron chi connectivity index (χ0n) is 17.2. The van der Waals surface area contributed by atoms with Gasteiger partial charge in [-0.1, -0.05) is 26.8 Å². The van der Waals surface area contributed by atoms with Crippen molar-refractivity contribution in [3.05, 3.63) is 29.3 Å². The monoisotopic (exact) mass is 373 g/mol. The summed E-state index contributed by atoms with van der Waals surface area (Å²) in [5.74, 6) is 1.13. The zero-order chi connectivity index (χ0) is 19.4. The van der Waals surface area contributed by atoms with E-state index in [1.165, 1.54) is 24.0 Å². The van der Waals surface area contributed by atoms with E-state index in [9.17, 15) is 4.79 Å². The van der Waals surface area contributed by atoms with Gasteiger partial charge in [-0.2, -0.15) is 0 Å². The van der Waals surface area contributed by atoms with Crippen molar-refractivity contribution in [2.45, 2.75) is 78.4 Å². The SMILES string of the molecule is CC(C)(C)[C@H]1CC[C@H](Oc2ccc3c(c2)CCN(CCCC(=O)O)C3)CC1. The number of hydrogen-bond acceptors (Lipinski definition) is 3. The fourth-order valence-electron chi connectivity index (χ4n) is 4.55. The van der Waals surface area contributed by atoms with Crippen molar-refractivity contribution in [3.8, 4) is 5.75 Å². The van der Waals surface area contributed by atoms with Crippen LogP contribution in [0.5, 0.6) is 5.75 Å². The van der Waals surface area contributed by atoms with E-state index in [0.29, 0.717) is 11.5 Å². The minimum atomic E-state index is -0.703. The molecule has 150 valence electrons. The molecule has 0 amide bonds. The van der Waals surface area contributed by atoms with Gasteiger partial charge >= 0.3 is 5.97 Å². The number of carboxylic acid groups (broad SMARTS) is 1. The van der Waals surface area contributed by atoms with Crippen molar-refractivity contribution in [3.63, 3.8) is 0 Å². The van der Waals surface area contributed by atoms with E-state index in [2.05, 4.69) is 43.9 Å². The third-order valence-electron chi connectivity index (χ3n) is 6.34. The van der Waals surface area contributed by atoms with Gasteiger partial charge in [0.05, 0.1) is 6.10 Å². The Kier molecular flexibility index (Phi) is 6.46. The summed E-state index contributed by atoms with van der Waals surface area (Å²) in [6, 6.07) is 6.56. The quantitative estimate of drug-likeness (QED) is 0.771. The second-order valence-electron chi connectivity index (χ2n) is 9.41. The molecule has 4 heteroatoms. The molecule has 2 aliphatic rings. The van der Waals surface area contributed by atoms with Gasteiger partial charge in [0.15, 0.2) is 0 Å². The highest BCUT2D eigenvalue weighted by Gasteiger charge is 2.30. The predicted octanol–water partition coefficient (Wildman–Crippen LogP) is 4.89. The summed E-state index contributed by atoms with van der Waals surface area (Å²) in [7, 11) is 0. The maximum absolute atomic E-state index is 10.7. The highest BCUT2D eigenvalue weighted by atomic mass is 16.5. The molecule has 0 radical (unpaired) electrons. The summed E-state index contributed by atoms with van der Waals surface area (Å²) >= 11 is 0. The van der Waals surface area contributed by atoms with E-state index in [1.54, 1.807) is 0 Å². The van der Waals surface area contributed by atoms with Crippen LogP contribution in [0.1, 0.15) is 70.4 Å². The maximum Gasteiger partial charge on any atom is 0.303 e. The van der Waals surface area contributed by atoms with Gasteiger partial charge in [0.1, 0.15) is 5.75 Å². The molecule has 3 rings (SSSR count). The number of carbonyl (C=O) groups is 1. The van der Waals surface area contributed by atoms with Crippen molar-refractivity contribution >= 4 is 5.97 Å². The minimum Gasteiger partial charge on any atom is -0.490 e. The topological polar surface area (TPSA) is 49.8 Å². The Bertz CT molecular complexity index is 642. The summed E-state index contributed by atoms with van der Waals surface area (Å²) in [6.45, 7) is 9.85. The van der Waals surface area contributed by atoms with Crippen LogP contribution in [0.15, 0.2) is 18.2 Å². The van der Waals surface area contributed by atoms with E-state index in [4.69, 9.17) is 9.84 Å². The number of fused-ring (bicyclic) bond motifs is 1. The fourth-order valence-corrected chi connectivity index (χ4v) is 4.55. The Labute approximate surface area is 163 Å². The molecule has 1 N–H and O–H groups in total. The Hall–Kier alpha value is -1.55. The molecule has 0 atom stereocenters. The summed E-state index contributed by atoms with van der Waals surface area (Å²) in [6.07, 6.45) is 7.23. The summed E-state index contributed by atoms with van der Waals surface area (Å²) in [5, 5.41) is 8.79. The molecule has 1 heterocycles. The van der Waals surface area contributed by atoms with Gasteiger partial charge in [0, 0.05) is 19.5 Å². The van der Waals surface area contributed by atoms with Crippen molar-refractivity contribution in [1.29, 1.82) is 0 Å². The first-order chi connectivity index (χ1) is 12.8. The predicted molar refractivity (Wildman–Crippen MR) is 108 cm³/mol. The molecular formula is C23H35NO3. The highest BCUT2D eigenvalue weighted by molar-refractivity contribution is 5.66. The van der Waals surface area contributed by atoms with E-state index >= 15 is 0 Å². The van der Waals surface area contributed by atoms with Gasteiger partial charge in [0.2, 0.25) is 0 Å². The lowest BCUT2D eigenvalue weighted by Crippen LogP contribution is -2.32. The van der Waals surface area contributed by atoms with Crippen LogP contribution in [0.3, 0.4) is 0 Å². The first-order valence-electron chi connectivity index (χ1n) is 10.5. The number of carboxylic acids is 1. The van der Waals surface area contributed by atoms with Gasteiger partial charge in [-0.15, -0.1) is 0 Å². The molecular weight excluding hydrogens is 338 g/mol. The third kappa shape index (κ3) is 5.71. The van der Waals surface area contributed by atoms with Crippen LogP contribution in [0.2, 0.25) is 0 Å². The van der Waals surface area contributed by atoms with Crippen LogP contribution in [0.25, 0.3) is 0 Å². The molecule has 1 fully saturated rings. The lowest BCUT2D eigenvalue weighted by atomic mass is 9.72. The average molecular weight is 374 g/mol. The number of rotatable bonds is 6. The van der Waals surface area contributed by atoms with Crippen LogP contribution >= 0.6 is 0 Å². The van der Waals surface area contributed by atoms with Gasteiger partial charge in [-0.25, -0.2) is 0 Å². The number of ether oxygens (including phenoxy) is 1. The largest absolute Gasteiger partial charge is 0.490 e. The Balaban J connectivity index is 1.50. The van der Waals surface area contributed by atoms with Crippen LogP contribution in [0.4, 0.5) is 0 Å². The van der Waals surface area contributed by atoms with Gasteiger partial charge in [-0.05, 0) is 79.7 Å². The van der Waals surface area contributed by atoms with Crippen LogP contribution in [-0.2, 0) is 17.8 Å². The van der Waals surface area contributed by atoms with Crippen molar-refractivity contribution in [2.24, 2.45) is 11.3 Å². The van der Waals surface area contributed by atoms with Gasteiger partial charge in [-0.3, -0.25) is 9.69 Å². The minimum absolute atomic E-state index is 0.258. The number of hydrogen-bond donors (Lipinski definition) is 1. The molecule has 27 heavy (non-hydrogen) atoms. The molecule has 1 aliphatic carbocycles. The van der Waals surface area contributed by atoms with E-state index < -0.39 is 5.97 Å². The smallest absolute Gasteiger partial charge is 0.303 e. The Morgan fingerprint density at radius 1 is 1.19 bits per heavy atom. The molecule has 0 bridgehead atoms. The Morgan fingerprint density at radius 2 is 1.93 bits per heavy atom. The molecule has 4 nitrogen and oxygen atoms in total. The van der Waals surface area contributed by atoms with Crippen molar-refractivity contribution in [1.82, 2.24) is 4.90 Å². The van der Waals surface area contributed by atoms with Crippen LogP contribution in [-0.4, -0.2) is 35.2 Å². The van der Waals surface area contributed by atoms with E-state index in [0.717, 1.165) is 57.0 Å². The number of nitrogens with zero attached hydrogens (tertiary/aromatic N) is 1. The summed E-state index contributed by atoms with van der Waals surface area (Å²) < 4.78 is 6.32. The molecule has 0 spiro atoms. The van der Waals surface area contributed by atoms with Gasteiger partial charge < -0.3 is 9.84 Å². The molecule has 0 saturated heterocycles. The third-order valence-corrected chi connectivity index (χ3v) is 6.34. The number of benzene rings is 1. The molecule has 1 saturated carbocycles. The Morgan fingerprint density at radius 3 is 2.59 bits per heavy atom.